The predicted octanol–water partition coefficient (Wildman–Crippen LogP) is 4.60. The first-order valence-corrected chi connectivity index (χ1v) is 7.65. The number of benzene rings is 1. The molecule has 1 aromatic heterocycles. The Morgan fingerprint density at radius 3 is 2.91 bits per heavy atom. The van der Waals surface area contributed by atoms with Gasteiger partial charge < -0.3 is 5.21 Å². The molecule has 114 valence electrons. The van der Waals surface area contributed by atoms with Gasteiger partial charge >= 0.3 is 0 Å². The van der Waals surface area contributed by atoms with E-state index in [1.807, 2.05) is 24.3 Å². The molecule has 0 bridgehead atoms. The SMILES string of the molecule is C=Cc1nc(CCCCC)c([N+]2([O-])C=Nc3ccccc32)[nH]1. The lowest BCUT2D eigenvalue weighted by Gasteiger charge is -2.32. The van der Waals surface area contributed by atoms with Crippen LogP contribution in [0.3, 0.4) is 0 Å². The van der Waals surface area contributed by atoms with Crippen molar-refractivity contribution in [3.8, 4) is 0 Å². The molecule has 1 aliphatic rings. The molecular formula is C17H20N4O. The number of hydroxylamine groups is 1. The smallest absolute Gasteiger partial charge is 0.240 e. The number of aromatic amines is 1. The van der Waals surface area contributed by atoms with Crippen molar-refractivity contribution in [3.63, 3.8) is 0 Å². The molecule has 1 unspecified atom stereocenters. The van der Waals surface area contributed by atoms with Gasteiger partial charge in [-0.05, 0) is 25.0 Å². The Hall–Kier alpha value is -2.24. The Morgan fingerprint density at radius 2 is 2.14 bits per heavy atom. The molecule has 0 fully saturated rings. The number of aromatic nitrogens is 2. The van der Waals surface area contributed by atoms with E-state index >= 15 is 0 Å². The van der Waals surface area contributed by atoms with Crippen molar-refractivity contribution in [1.82, 2.24) is 14.6 Å². The third kappa shape index (κ3) is 2.38. The largest absolute Gasteiger partial charge is 0.614 e. The summed E-state index contributed by atoms with van der Waals surface area (Å²) < 4.78 is -0.710. The third-order valence-electron chi connectivity index (χ3n) is 3.92. The fraction of sp³-hybridized carbons (Fsp3) is 0.294. The third-order valence-corrected chi connectivity index (χ3v) is 3.92. The highest BCUT2D eigenvalue weighted by Crippen LogP contribution is 2.43. The number of quaternary nitrogens is 1. The average molecular weight is 296 g/mol. The second kappa shape index (κ2) is 5.87. The van der Waals surface area contributed by atoms with Crippen molar-refractivity contribution >= 4 is 29.6 Å². The number of H-pyrrole nitrogens is 1. The van der Waals surface area contributed by atoms with Gasteiger partial charge in [0.2, 0.25) is 12.2 Å². The second-order valence-electron chi connectivity index (χ2n) is 5.47. The fourth-order valence-corrected chi connectivity index (χ4v) is 2.75. The van der Waals surface area contributed by atoms with Crippen molar-refractivity contribution in [2.24, 2.45) is 4.99 Å². The zero-order chi connectivity index (χ0) is 15.6. The summed E-state index contributed by atoms with van der Waals surface area (Å²) in [5.41, 5.74) is 2.15. The predicted molar refractivity (Wildman–Crippen MR) is 91.3 cm³/mol. The van der Waals surface area contributed by atoms with Crippen LogP contribution in [0, 0.1) is 5.21 Å². The lowest BCUT2D eigenvalue weighted by Crippen LogP contribution is -2.34. The van der Waals surface area contributed by atoms with Crippen LogP contribution < -0.4 is 4.65 Å². The molecule has 5 nitrogen and oxygen atoms in total. The maximum Gasteiger partial charge on any atom is 0.240 e. The van der Waals surface area contributed by atoms with Crippen molar-refractivity contribution in [2.75, 3.05) is 0 Å². The summed E-state index contributed by atoms with van der Waals surface area (Å²) in [5.74, 6) is 1.17. The number of nitrogens with zero attached hydrogens (tertiary/aromatic N) is 3. The molecule has 5 heteroatoms. The molecule has 0 spiro atoms. The van der Waals surface area contributed by atoms with E-state index < -0.39 is 4.65 Å². The van der Waals surface area contributed by atoms with Gasteiger partial charge in [-0.2, -0.15) is 4.99 Å². The standard InChI is InChI=1S/C17H20N4O/c1-3-5-6-10-14-17(20-16(4-2)19-14)21(22)12-18-13-9-7-8-11-15(13)21/h4,7-9,11-12H,2-3,5-6,10H2,1H3,(H,19,20). The first kappa shape index (κ1) is 14.7. The highest BCUT2D eigenvalue weighted by Gasteiger charge is 2.34. The van der Waals surface area contributed by atoms with E-state index in [0.717, 1.165) is 31.4 Å². The quantitative estimate of drug-likeness (QED) is 0.481. The summed E-state index contributed by atoms with van der Waals surface area (Å²) in [6.07, 6.45) is 7.12. The molecule has 2 heterocycles. The molecule has 0 aliphatic carbocycles. The van der Waals surface area contributed by atoms with Crippen molar-refractivity contribution < 1.29 is 0 Å². The van der Waals surface area contributed by atoms with E-state index in [9.17, 15) is 5.21 Å². The van der Waals surface area contributed by atoms with Crippen LogP contribution in [0.25, 0.3) is 6.08 Å². The minimum atomic E-state index is -0.710. The number of hydrogen-bond donors (Lipinski definition) is 1. The van der Waals surface area contributed by atoms with Crippen LogP contribution in [0.4, 0.5) is 17.2 Å². The lowest BCUT2D eigenvalue weighted by molar-refractivity contribution is 0.688. The number of aliphatic imine (C=N–C) groups is 1. The van der Waals surface area contributed by atoms with Gasteiger partial charge in [-0.1, -0.05) is 38.5 Å². The van der Waals surface area contributed by atoms with Crippen LogP contribution in [0.5, 0.6) is 0 Å². The Morgan fingerprint density at radius 1 is 1.32 bits per heavy atom. The molecule has 22 heavy (non-hydrogen) atoms. The van der Waals surface area contributed by atoms with Gasteiger partial charge in [-0.25, -0.2) is 9.63 Å². The lowest BCUT2D eigenvalue weighted by atomic mass is 10.1. The number of nitrogens with one attached hydrogen (secondary N) is 1. The number of rotatable bonds is 6. The zero-order valence-electron chi connectivity index (χ0n) is 12.7. The summed E-state index contributed by atoms with van der Waals surface area (Å²) in [6.45, 7) is 5.90. The van der Waals surface area contributed by atoms with Crippen LogP contribution in [0.15, 0.2) is 35.8 Å². The number of para-hydroxylation sites is 2. The fourth-order valence-electron chi connectivity index (χ4n) is 2.75. The summed E-state index contributed by atoms with van der Waals surface area (Å²) >= 11 is 0. The van der Waals surface area contributed by atoms with E-state index in [-0.39, 0.29) is 0 Å². The number of hydrogen-bond acceptors (Lipinski definition) is 3. The maximum absolute atomic E-state index is 13.4. The van der Waals surface area contributed by atoms with Gasteiger partial charge in [0.15, 0.2) is 5.69 Å². The Labute approximate surface area is 130 Å². The average Bonchev–Trinajstić information content (AvgIpc) is 3.11. The zero-order valence-corrected chi connectivity index (χ0v) is 12.7. The van der Waals surface area contributed by atoms with Crippen LogP contribution in [0.1, 0.15) is 37.7 Å². The molecule has 1 N–H and O–H groups in total. The number of imidazole rings is 1. The van der Waals surface area contributed by atoms with Crippen LogP contribution in [0.2, 0.25) is 0 Å². The highest BCUT2D eigenvalue weighted by atomic mass is 16.5. The summed E-state index contributed by atoms with van der Waals surface area (Å²) in [6, 6.07) is 7.42. The topological polar surface area (TPSA) is 64.1 Å². The molecule has 1 aliphatic heterocycles. The Kier molecular flexibility index (Phi) is 3.92. The van der Waals surface area contributed by atoms with Gasteiger partial charge in [-0.3, -0.25) is 4.98 Å². The first-order chi connectivity index (χ1) is 10.7. The van der Waals surface area contributed by atoms with E-state index in [0.29, 0.717) is 23.0 Å². The first-order valence-electron chi connectivity index (χ1n) is 7.65. The van der Waals surface area contributed by atoms with Crippen LogP contribution in [-0.2, 0) is 6.42 Å². The summed E-state index contributed by atoms with van der Waals surface area (Å²) in [7, 11) is 0. The summed E-state index contributed by atoms with van der Waals surface area (Å²) in [5, 5.41) is 13.4. The van der Waals surface area contributed by atoms with E-state index in [1.165, 1.54) is 6.34 Å². The summed E-state index contributed by atoms with van der Waals surface area (Å²) in [4.78, 5) is 11.9. The molecule has 1 aromatic carbocycles. The van der Waals surface area contributed by atoms with E-state index in [2.05, 4.69) is 28.5 Å². The van der Waals surface area contributed by atoms with Crippen molar-refractivity contribution in [2.45, 2.75) is 32.6 Å². The van der Waals surface area contributed by atoms with Crippen molar-refractivity contribution in [1.29, 1.82) is 0 Å². The minimum absolute atomic E-state index is 0.541. The highest BCUT2D eigenvalue weighted by molar-refractivity contribution is 5.95. The maximum atomic E-state index is 13.4. The van der Waals surface area contributed by atoms with Gasteiger partial charge in [0.25, 0.3) is 0 Å². The van der Waals surface area contributed by atoms with Gasteiger partial charge in [0.1, 0.15) is 17.2 Å². The molecule has 2 aromatic rings. The van der Waals surface area contributed by atoms with Crippen LogP contribution >= 0.6 is 0 Å². The Balaban J connectivity index is 2.02. The molecule has 0 saturated heterocycles. The van der Waals surface area contributed by atoms with Gasteiger partial charge in [-0.15, -0.1) is 0 Å². The van der Waals surface area contributed by atoms with E-state index in [1.54, 1.807) is 6.08 Å². The molecule has 0 amide bonds. The van der Waals surface area contributed by atoms with Gasteiger partial charge in [0, 0.05) is 6.07 Å². The van der Waals surface area contributed by atoms with Gasteiger partial charge in [0.05, 0.1) is 0 Å². The molecular weight excluding hydrogens is 276 g/mol. The molecule has 3 rings (SSSR count). The number of aryl methyl sites for hydroxylation is 1. The normalized spacial score (nSPS) is 19.4. The minimum Gasteiger partial charge on any atom is -0.614 e. The van der Waals surface area contributed by atoms with E-state index in [4.69, 9.17) is 0 Å². The number of fused-ring (bicyclic) bond motifs is 1. The molecule has 0 saturated carbocycles. The van der Waals surface area contributed by atoms with Crippen LogP contribution in [-0.4, -0.2) is 16.3 Å². The monoisotopic (exact) mass is 296 g/mol. The van der Waals surface area contributed by atoms with Crippen molar-refractivity contribution in [3.05, 3.63) is 47.6 Å². The molecule has 1 atom stereocenters. The Bertz CT molecular complexity index is 719. The number of unbranched alkanes of at least 4 members (excludes halogenated alkanes) is 2. The molecule has 0 radical (unpaired) electrons. The second-order valence-corrected chi connectivity index (χ2v) is 5.47.